The van der Waals surface area contributed by atoms with Crippen molar-refractivity contribution in [3.63, 3.8) is 0 Å². The van der Waals surface area contributed by atoms with E-state index in [9.17, 15) is 4.79 Å². The second kappa shape index (κ2) is 6.63. The first kappa shape index (κ1) is 15.2. The van der Waals surface area contributed by atoms with E-state index in [1.807, 2.05) is 23.1 Å². The molecule has 0 N–H and O–H groups in total. The van der Waals surface area contributed by atoms with Gasteiger partial charge in [0.15, 0.2) is 0 Å². The Labute approximate surface area is 143 Å². The van der Waals surface area contributed by atoms with E-state index < -0.39 is 0 Å². The van der Waals surface area contributed by atoms with Gasteiger partial charge in [-0.3, -0.25) is 9.78 Å². The number of hydrogen-bond acceptors (Lipinski definition) is 3. The Morgan fingerprint density at radius 1 is 0.958 bits per heavy atom. The first-order valence-electron chi connectivity index (χ1n) is 8.88. The number of rotatable bonds is 2. The number of amides is 1. The van der Waals surface area contributed by atoms with Gasteiger partial charge in [-0.2, -0.15) is 0 Å². The molecule has 1 aromatic heterocycles. The average molecular weight is 321 g/mol. The van der Waals surface area contributed by atoms with Crippen molar-refractivity contribution in [3.8, 4) is 0 Å². The number of carbonyl (C=O) groups is 1. The van der Waals surface area contributed by atoms with E-state index in [0.29, 0.717) is 12.2 Å². The molecule has 0 bridgehead atoms. The molecule has 4 nitrogen and oxygen atoms in total. The van der Waals surface area contributed by atoms with Crippen molar-refractivity contribution >= 4 is 11.6 Å². The van der Waals surface area contributed by atoms with Gasteiger partial charge in [-0.05, 0) is 48.9 Å². The lowest BCUT2D eigenvalue weighted by molar-refractivity contribution is 0.0729. The van der Waals surface area contributed by atoms with Crippen molar-refractivity contribution in [3.05, 3.63) is 59.4 Å². The highest BCUT2D eigenvalue weighted by molar-refractivity contribution is 5.93. The van der Waals surface area contributed by atoms with Gasteiger partial charge in [0.25, 0.3) is 5.91 Å². The number of hydrogen-bond donors (Lipinski definition) is 0. The summed E-state index contributed by atoms with van der Waals surface area (Å²) < 4.78 is 0. The topological polar surface area (TPSA) is 36.4 Å². The second-order valence-electron chi connectivity index (χ2n) is 6.69. The zero-order valence-electron chi connectivity index (χ0n) is 13.9. The van der Waals surface area contributed by atoms with Gasteiger partial charge in [-0.15, -0.1) is 0 Å². The quantitative estimate of drug-likeness (QED) is 0.852. The number of pyridine rings is 1. The van der Waals surface area contributed by atoms with Crippen LogP contribution in [0.1, 0.15) is 40.9 Å². The van der Waals surface area contributed by atoms with Gasteiger partial charge in [0.1, 0.15) is 5.69 Å². The summed E-state index contributed by atoms with van der Waals surface area (Å²) in [5.41, 5.74) is 4.31. The summed E-state index contributed by atoms with van der Waals surface area (Å²) in [4.78, 5) is 21.5. The number of carbonyl (C=O) groups excluding carboxylic acids is 1. The molecule has 2 aliphatic rings. The molecule has 4 rings (SSSR count). The van der Waals surface area contributed by atoms with Gasteiger partial charge < -0.3 is 9.80 Å². The Balaban J connectivity index is 1.52. The maximum absolute atomic E-state index is 12.9. The van der Waals surface area contributed by atoms with E-state index in [1.165, 1.54) is 30.4 Å². The van der Waals surface area contributed by atoms with Crippen molar-refractivity contribution in [2.24, 2.45) is 0 Å². The predicted molar refractivity (Wildman–Crippen MR) is 95.2 cm³/mol. The Morgan fingerprint density at radius 2 is 1.75 bits per heavy atom. The minimum absolute atomic E-state index is 0.0448. The summed E-state index contributed by atoms with van der Waals surface area (Å²) in [5, 5.41) is 0. The van der Waals surface area contributed by atoms with Crippen LogP contribution < -0.4 is 4.90 Å². The zero-order chi connectivity index (χ0) is 16.4. The van der Waals surface area contributed by atoms with Crippen LogP contribution in [0.2, 0.25) is 0 Å². The molecule has 3 heterocycles. The molecule has 0 unspecified atom stereocenters. The van der Waals surface area contributed by atoms with Crippen molar-refractivity contribution in [2.45, 2.75) is 32.2 Å². The van der Waals surface area contributed by atoms with Crippen molar-refractivity contribution in [1.29, 1.82) is 0 Å². The molecule has 2 aromatic rings. The van der Waals surface area contributed by atoms with Crippen LogP contribution in [0, 0.1) is 0 Å². The molecule has 0 spiro atoms. The van der Waals surface area contributed by atoms with E-state index in [2.05, 4.69) is 28.1 Å². The van der Waals surface area contributed by atoms with Crippen molar-refractivity contribution < 1.29 is 4.79 Å². The fraction of sp³-hybridized carbons (Fsp3) is 0.400. The molecule has 1 aromatic carbocycles. The largest absolute Gasteiger partial charge is 0.371 e. The number of piperidine rings is 1. The highest BCUT2D eigenvalue weighted by Crippen LogP contribution is 2.23. The van der Waals surface area contributed by atoms with Crippen LogP contribution in [0.3, 0.4) is 0 Å². The fourth-order valence-electron chi connectivity index (χ4n) is 3.72. The minimum atomic E-state index is 0.0448. The Bertz CT molecular complexity index is 737. The molecule has 0 radical (unpaired) electrons. The first-order chi connectivity index (χ1) is 11.8. The molecule has 24 heavy (non-hydrogen) atoms. The highest BCUT2D eigenvalue weighted by atomic mass is 16.2. The maximum Gasteiger partial charge on any atom is 0.272 e. The SMILES string of the molecule is O=C(c1cc(N2CCCCC2)ccn1)N1CCc2ccccc2C1. The smallest absolute Gasteiger partial charge is 0.272 e. The van der Waals surface area contributed by atoms with Crippen LogP contribution in [0.25, 0.3) is 0 Å². The van der Waals surface area contributed by atoms with Crippen LogP contribution in [0.5, 0.6) is 0 Å². The average Bonchev–Trinajstić information content (AvgIpc) is 2.68. The third-order valence-electron chi connectivity index (χ3n) is 5.10. The molecule has 1 saturated heterocycles. The summed E-state index contributed by atoms with van der Waals surface area (Å²) in [6.07, 6.45) is 6.46. The lowest BCUT2D eigenvalue weighted by atomic mass is 9.99. The number of benzene rings is 1. The molecule has 1 fully saturated rings. The van der Waals surface area contributed by atoms with E-state index >= 15 is 0 Å². The number of fused-ring (bicyclic) bond motifs is 1. The van der Waals surface area contributed by atoms with E-state index in [-0.39, 0.29) is 5.91 Å². The van der Waals surface area contributed by atoms with Crippen LogP contribution in [-0.4, -0.2) is 35.4 Å². The molecule has 124 valence electrons. The van der Waals surface area contributed by atoms with Gasteiger partial charge in [-0.25, -0.2) is 0 Å². The normalized spacial score (nSPS) is 17.5. The van der Waals surface area contributed by atoms with Gasteiger partial charge in [0, 0.05) is 38.1 Å². The first-order valence-corrected chi connectivity index (χ1v) is 8.88. The zero-order valence-corrected chi connectivity index (χ0v) is 13.9. The Kier molecular flexibility index (Phi) is 4.20. The van der Waals surface area contributed by atoms with Crippen LogP contribution in [0.15, 0.2) is 42.6 Å². The molecule has 1 amide bonds. The molecule has 0 aliphatic carbocycles. The third kappa shape index (κ3) is 3.01. The van der Waals surface area contributed by atoms with Crippen LogP contribution >= 0.6 is 0 Å². The third-order valence-corrected chi connectivity index (χ3v) is 5.10. The number of anilines is 1. The van der Waals surface area contributed by atoms with Gasteiger partial charge in [-0.1, -0.05) is 24.3 Å². The highest BCUT2D eigenvalue weighted by Gasteiger charge is 2.23. The van der Waals surface area contributed by atoms with Crippen molar-refractivity contribution in [1.82, 2.24) is 9.88 Å². The molecular formula is C20H23N3O. The van der Waals surface area contributed by atoms with Crippen LogP contribution in [0.4, 0.5) is 5.69 Å². The van der Waals surface area contributed by atoms with Gasteiger partial charge in [0.2, 0.25) is 0 Å². The monoisotopic (exact) mass is 321 g/mol. The molecule has 2 aliphatic heterocycles. The molecule has 4 heteroatoms. The predicted octanol–water partition coefficient (Wildman–Crippen LogP) is 3.27. The summed E-state index contributed by atoms with van der Waals surface area (Å²) in [6.45, 7) is 3.61. The lowest BCUT2D eigenvalue weighted by Crippen LogP contribution is -2.36. The van der Waals surface area contributed by atoms with E-state index in [0.717, 1.165) is 31.7 Å². The summed E-state index contributed by atoms with van der Waals surface area (Å²) >= 11 is 0. The summed E-state index contributed by atoms with van der Waals surface area (Å²) in [7, 11) is 0. The van der Waals surface area contributed by atoms with Crippen LogP contribution in [-0.2, 0) is 13.0 Å². The molecule has 0 atom stereocenters. The van der Waals surface area contributed by atoms with Gasteiger partial charge in [0.05, 0.1) is 0 Å². The van der Waals surface area contributed by atoms with Gasteiger partial charge >= 0.3 is 0 Å². The minimum Gasteiger partial charge on any atom is -0.371 e. The summed E-state index contributed by atoms with van der Waals surface area (Å²) in [6, 6.07) is 12.4. The standard InChI is InChI=1S/C20H23N3O/c24-20(23-13-9-16-6-2-3-7-17(16)15-23)19-14-18(8-10-21-19)22-11-4-1-5-12-22/h2-3,6-8,10,14H,1,4-5,9,11-13,15H2. The summed E-state index contributed by atoms with van der Waals surface area (Å²) in [5.74, 6) is 0.0448. The molecular weight excluding hydrogens is 298 g/mol. The Hall–Kier alpha value is -2.36. The maximum atomic E-state index is 12.9. The second-order valence-corrected chi connectivity index (χ2v) is 6.69. The van der Waals surface area contributed by atoms with E-state index in [1.54, 1.807) is 6.20 Å². The van der Waals surface area contributed by atoms with Crippen molar-refractivity contribution in [2.75, 3.05) is 24.5 Å². The Morgan fingerprint density at radius 3 is 2.58 bits per heavy atom. The van der Waals surface area contributed by atoms with E-state index in [4.69, 9.17) is 0 Å². The fourth-order valence-corrected chi connectivity index (χ4v) is 3.72. The lowest BCUT2D eigenvalue weighted by Gasteiger charge is -2.30. The molecule has 0 saturated carbocycles. The number of aromatic nitrogens is 1. The number of nitrogens with zero attached hydrogens (tertiary/aromatic N) is 3.